The van der Waals surface area contributed by atoms with Gasteiger partial charge in [0.2, 0.25) is 11.5 Å². The summed E-state index contributed by atoms with van der Waals surface area (Å²) < 4.78 is 6.09. The Labute approximate surface area is 177 Å². The molecule has 146 valence electrons. The van der Waals surface area contributed by atoms with Crippen LogP contribution in [-0.4, -0.2) is 16.8 Å². The molecule has 1 aliphatic heterocycles. The van der Waals surface area contributed by atoms with Gasteiger partial charge in [0.05, 0.1) is 11.4 Å². The molecule has 30 heavy (non-hydrogen) atoms. The van der Waals surface area contributed by atoms with Gasteiger partial charge in [-0.25, -0.2) is 0 Å². The number of nitrogens with zero attached hydrogens (tertiary/aromatic N) is 3. The first-order valence-corrected chi connectivity index (χ1v) is 10.5. The molecule has 0 radical (unpaired) electrons. The van der Waals surface area contributed by atoms with Crippen LogP contribution in [0.25, 0.3) is 22.1 Å². The molecular formula is C24H17N3O2S. The molecule has 1 fully saturated rings. The predicted octanol–water partition coefficient (Wildman–Crippen LogP) is 5.05. The lowest BCUT2D eigenvalue weighted by Gasteiger charge is -2.14. The zero-order valence-corrected chi connectivity index (χ0v) is 16.8. The third-order valence-electron chi connectivity index (χ3n) is 4.75. The van der Waals surface area contributed by atoms with Gasteiger partial charge < -0.3 is 4.42 Å². The van der Waals surface area contributed by atoms with Crippen LogP contribution in [0.15, 0.2) is 106 Å². The summed E-state index contributed by atoms with van der Waals surface area (Å²) in [6.45, 7) is 0. The molecule has 1 amide bonds. The Morgan fingerprint density at radius 1 is 0.833 bits per heavy atom. The summed E-state index contributed by atoms with van der Waals surface area (Å²) in [6.07, 6.45) is 0. The van der Waals surface area contributed by atoms with Gasteiger partial charge in [0.15, 0.2) is 5.17 Å². The van der Waals surface area contributed by atoms with Gasteiger partial charge in [0.1, 0.15) is 5.58 Å². The van der Waals surface area contributed by atoms with E-state index in [1.54, 1.807) is 4.90 Å². The Balaban J connectivity index is 1.66. The number of hydrogen-bond acceptors (Lipinski definition) is 5. The van der Waals surface area contributed by atoms with Gasteiger partial charge in [-0.2, -0.15) is 0 Å². The van der Waals surface area contributed by atoms with Gasteiger partial charge in [-0.1, -0.05) is 78.5 Å². The van der Waals surface area contributed by atoms with E-state index >= 15 is 0 Å². The van der Waals surface area contributed by atoms with Crippen LogP contribution >= 0.6 is 11.8 Å². The summed E-state index contributed by atoms with van der Waals surface area (Å²) in [5.74, 6) is 0.322. The minimum absolute atomic E-state index is 0.0149. The largest absolute Gasteiger partial charge is 0.436 e. The number of anilines is 1. The lowest BCUT2D eigenvalue weighted by Crippen LogP contribution is -2.29. The summed E-state index contributed by atoms with van der Waals surface area (Å²) in [5, 5.41) is 10.4. The molecule has 4 aromatic rings. The third kappa shape index (κ3) is 3.53. The minimum Gasteiger partial charge on any atom is -0.436 e. The van der Waals surface area contributed by atoms with Crippen molar-refractivity contribution in [1.29, 1.82) is 0 Å². The summed E-state index contributed by atoms with van der Waals surface area (Å²) in [6, 6.07) is 29.3. The molecule has 0 unspecified atom stereocenters. The van der Waals surface area contributed by atoms with Crippen LogP contribution in [0.3, 0.4) is 0 Å². The highest BCUT2D eigenvalue weighted by Gasteiger charge is 2.29. The van der Waals surface area contributed by atoms with Crippen molar-refractivity contribution in [3.05, 3.63) is 96.5 Å². The van der Waals surface area contributed by atoms with E-state index in [1.165, 1.54) is 11.8 Å². The smallest absolute Gasteiger partial charge is 0.246 e. The fraction of sp³-hybridized carbons (Fsp3) is 0.0417. The molecule has 0 saturated carbocycles. The van der Waals surface area contributed by atoms with Gasteiger partial charge in [0.25, 0.3) is 0 Å². The van der Waals surface area contributed by atoms with Gasteiger partial charge in [-0.15, -0.1) is 10.2 Å². The number of fused-ring (bicyclic) bond motifs is 1. The zero-order chi connectivity index (χ0) is 20.3. The zero-order valence-electron chi connectivity index (χ0n) is 15.9. The van der Waals surface area contributed by atoms with E-state index in [4.69, 9.17) is 4.42 Å². The van der Waals surface area contributed by atoms with Crippen molar-refractivity contribution in [3.8, 4) is 11.1 Å². The standard InChI is InChI=1S/C24H17N3O2S/c28-22-16-30-24(27(22)19-12-5-2-6-13-19)26-25-23-20(17-9-3-1-4-10-17)15-18-11-7-8-14-21(18)29-23/h1-15H,16H2/b25-23+,26-24+. The number of amidine groups is 1. The van der Waals surface area contributed by atoms with Crippen LogP contribution < -0.4 is 10.5 Å². The normalized spacial score (nSPS) is 16.0. The molecule has 1 saturated heterocycles. The summed E-state index contributed by atoms with van der Waals surface area (Å²) in [7, 11) is 0. The summed E-state index contributed by atoms with van der Waals surface area (Å²) >= 11 is 1.37. The number of carbonyl (C=O) groups is 1. The maximum Gasteiger partial charge on any atom is 0.246 e. The molecule has 0 atom stereocenters. The maximum atomic E-state index is 12.4. The van der Waals surface area contributed by atoms with Crippen LogP contribution in [0.5, 0.6) is 0 Å². The second-order valence-corrected chi connectivity index (χ2v) is 7.65. The van der Waals surface area contributed by atoms with E-state index in [0.29, 0.717) is 16.5 Å². The topological polar surface area (TPSA) is 58.2 Å². The monoisotopic (exact) mass is 411 g/mol. The molecule has 3 aromatic carbocycles. The molecule has 2 heterocycles. The number of hydrogen-bond donors (Lipinski definition) is 0. The summed E-state index contributed by atoms with van der Waals surface area (Å²) in [5.41, 5.74) is 3.74. The van der Waals surface area contributed by atoms with Gasteiger partial charge in [-0.05, 0) is 29.8 Å². The average molecular weight is 411 g/mol. The lowest BCUT2D eigenvalue weighted by atomic mass is 10.1. The van der Waals surface area contributed by atoms with Crippen molar-refractivity contribution < 1.29 is 9.21 Å². The number of carbonyl (C=O) groups excluding carboxylic acids is 1. The number of para-hydroxylation sites is 2. The van der Waals surface area contributed by atoms with Gasteiger partial charge in [0, 0.05) is 10.9 Å². The second-order valence-electron chi connectivity index (χ2n) is 6.71. The van der Waals surface area contributed by atoms with Gasteiger partial charge in [-0.3, -0.25) is 9.69 Å². The Kier molecular flexibility index (Phi) is 4.91. The molecule has 0 bridgehead atoms. The number of benzene rings is 3. The van der Waals surface area contributed by atoms with Gasteiger partial charge >= 0.3 is 0 Å². The number of amides is 1. The highest BCUT2D eigenvalue weighted by molar-refractivity contribution is 8.15. The van der Waals surface area contributed by atoms with Crippen LogP contribution in [0.2, 0.25) is 0 Å². The minimum atomic E-state index is -0.0149. The molecule has 5 nitrogen and oxygen atoms in total. The highest BCUT2D eigenvalue weighted by atomic mass is 32.2. The van der Waals surface area contributed by atoms with E-state index in [-0.39, 0.29) is 5.91 Å². The summed E-state index contributed by atoms with van der Waals surface area (Å²) in [4.78, 5) is 14.0. The lowest BCUT2D eigenvalue weighted by molar-refractivity contribution is -0.115. The Morgan fingerprint density at radius 3 is 2.33 bits per heavy atom. The number of rotatable bonds is 3. The SMILES string of the molecule is O=C1CS/C(=N/N=c2/oc3ccccc3cc2-c2ccccc2)N1c1ccccc1. The highest BCUT2D eigenvalue weighted by Crippen LogP contribution is 2.26. The third-order valence-corrected chi connectivity index (χ3v) is 5.66. The van der Waals surface area contributed by atoms with E-state index in [2.05, 4.69) is 16.3 Å². The maximum absolute atomic E-state index is 12.4. The molecule has 0 spiro atoms. The fourth-order valence-electron chi connectivity index (χ4n) is 3.32. The van der Waals surface area contributed by atoms with Crippen LogP contribution in [0.1, 0.15) is 0 Å². The number of thioether (sulfide) groups is 1. The Bertz CT molecular complexity index is 1310. The van der Waals surface area contributed by atoms with Crippen molar-refractivity contribution in [3.63, 3.8) is 0 Å². The van der Waals surface area contributed by atoms with Crippen molar-refractivity contribution in [2.24, 2.45) is 10.2 Å². The first-order valence-electron chi connectivity index (χ1n) is 9.50. The Hall–Kier alpha value is -3.64. The molecule has 5 rings (SSSR count). The van der Waals surface area contributed by atoms with Crippen LogP contribution in [-0.2, 0) is 4.79 Å². The van der Waals surface area contributed by atoms with E-state index in [1.807, 2.05) is 84.9 Å². The van der Waals surface area contributed by atoms with Crippen molar-refractivity contribution in [1.82, 2.24) is 0 Å². The Morgan fingerprint density at radius 2 is 1.53 bits per heavy atom. The van der Waals surface area contributed by atoms with E-state index in [0.717, 1.165) is 27.8 Å². The molecule has 1 aliphatic rings. The van der Waals surface area contributed by atoms with Crippen LogP contribution in [0.4, 0.5) is 5.69 Å². The quantitative estimate of drug-likeness (QED) is 0.443. The van der Waals surface area contributed by atoms with E-state index < -0.39 is 0 Å². The fourth-order valence-corrected chi connectivity index (χ4v) is 4.14. The van der Waals surface area contributed by atoms with Crippen molar-refractivity contribution >= 4 is 39.5 Å². The molecule has 1 aromatic heterocycles. The van der Waals surface area contributed by atoms with Crippen LogP contribution in [0, 0.1) is 0 Å². The molecule has 0 aliphatic carbocycles. The molecule has 6 heteroatoms. The predicted molar refractivity (Wildman–Crippen MR) is 121 cm³/mol. The van der Waals surface area contributed by atoms with Crippen molar-refractivity contribution in [2.75, 3.05) is 10.7 Å². The molecular weight excluding hydrogens is 394 g/mol. The first kappa shape index (κ1) is 18.4. The second kappa shape index (κ2) is 8.00. The van der Waals surface area contributed by atoms with E-state index in [9.17, 15) is 4.79 Å². The average Bonchev–Trinajstić information content (AvgIpc) is 3.18. The first-order chi connectivity index (χ1) is 14.8. The van der Waals surface area contributed by atoms with Crippen molar-refractivity contribution in [2.45, 2.75) is 0 Å². The molecule has 0 N–H and O–H groups in total.